The number of rotatable bonds is 3. The average Bonchev–Trinajstić information content (AvgIpc) is 4.07. The molecule has 0 saturated heterocycles. The molecule has 0 bridgehead atoms. The van der Waals surface area contributed by atoms with Crippen LogP contribution in [-0.2, 0) is 18.7 Å². The minimum Gasteiger partial charge on any atom is -0.112 e. The topological polar surface area (TPSA) is 0 Å². The summed E-state index contributed by atoms with van der Waals surface area (Å²) in [5.41, 5.74) is 18.2. The zero-order valence-corrected chi connectivity index (χ0v) is 39.0. The van der Waals surface area contributed by atoms with Crippen molar-refractivity contribution in [3.8, 4) is 55.6 Å². The Labute approximate surface area is 391 Å². The summed E-state index contributed by atoms with van der Waals surface area (Å²) in [6.45, 7) is 4.87. The zero-order chi connectivity index (χ0) is 44.1. The minimum absolute atomic E-state index is 0.432. The van der Waals surface area contributed by atoms with Crippen LogP contribution in [0.2, 0.25) is 0 Å². The number of hydrogen-bond donors (Lipinski definition) is 0. The summed E-state index contributed by atoms with van der Waals surface area (Å²) in [6, 6.07) is 84.0. The molecule has 0 saturated carbocycles. The van der Waals surface area contributed by atoms with Gasteiger partial charge in [0.1, 0.15) is 0 Å². The summed E-state index contributed by atoms with van der Waals surface area (Å²) in [7, 11) is -0.903. The molecule has 13 aromatic rings. The molecule has 15 rings (SSSR count). The van der Waals surface area contributed by atoms with Crippen LogP contribution in [0.5, 0.6) is 0 Å². The number of hydrogen-bond acceptors (Lipinski definition) is 0. The van der Waals surface area contributed by atoms with Crippen molar-refractivity contribution < 1.29 is 0 Å². The molecular formula is C65H42P2. The molecule has 0 N–H and O–H groups in total. The SMILES string of the molecule is Cp1c2ccccc2c2c(-c3cccc4c(-c5cccc6c5-c5ccccc5C65c6ccccc6-c6ccccc65)c5cccc(-c6cccc7c6c6ccccc6p7C)c5cc34)cccc21. The Bertz CT molecular complexity index is 4080. The Morgan fingerprint density at radius 3 is 1.16 bits per heavy atom. The maximum atomic E-state index is 2.56. The van der Waals surface area contributed by atoms with Crippen LogP contribution in [0.15, 0.2) is 218 Å². The second-order valence-electron chi connectivity index (χ2n) is 18.7. The fraction of sp³-hybridized carbons (Fsp3) is 0.0462. The molecular weight excluding hydrogens is 843 g/mol. The van der Waals surface area contributed by atoms with E-state index in [9.17, 15) is 0 Å². The second kappa shape index (κ2) is 13.8. The molecule has 2 aromatic heterocycles. The molecule has 2 heteroatoms. The third-order valence-corrected chi connectivity index (χ3v) is 20.2. The summed E-state index contributed by atoms with van der Waals surface area (Å²) < 4.78 is 0. The standard InChI is InChI=1S/C65H42P2/c1-66-57-34-11-6-21-48(57)63-43(27-16-36-59(63)66)39-23-13-25-45-51(39)38-52-40(44-28-17-37-60-64(44)49-22-7-12-35-58(49)67(60)2)24-14-26-46(52)61(45)50-29-15-33-56-62(50)47-20-5-10-32-55(47)65(56)53-30-8-3-18-41(53)42-19-4-9-31-54(42)65/h3-38H,1-2H3. The lowest BCUT2D eigenvalue weighted by Crippen LogP contribution is -2.25. The van der Waals surface area contributed by atoms with Crippen molar-refractivity contribution in [3.63, 3.8) is 0 Å². The highest BCUT2D eigenvalue weighted by Crippen LogP contribution is 2.65. The van der Waals surface area contributed by atoms with E-state index in [1.165, 1.54) is 141 Å². The van der Waals surface area contributed by atoms with Crippen molar-refractivity contribution in [3.05, 3.63) is 241 Å². The highest BCUT2D eigenvalue weighted by molar-refractivity contribution is 7.60. The quantitative estimate of drug-likeness (QED) is 0.155. The van der Waals surface area contributed by atoms with Crippen molar-refractivity contribution in [1.29, 1.82) is 0 Å². The number of aryl methyl sites for hydroxylation is 2. The van der Waals surface area contributed by atoms with Gasteiger partial charge in [-0.25, -0.2) is 0 Å². The molecule has 11 aromatic carbocycles. The van der Waals surface area contributed by atoms with E-state index in [-0.39, 0.29) is 0 Å². The van der Waals surface area contributed by atoms with Crippen LogP contribution >= 0.6 is 15.1 Å². The maximum Gasteiger partial charge on any atom is 0.0725 e. The number of benzene rings is 11. The molecule has 0 fully saturated rings. The van der Waals surface area contributed by atoms with Crippen LogP contribution in [0.25, 0.3) is 119 Å². The lowest BCUT2D eigenvalue weighted by molar-refractivity contribution is 0.794. The molecule has 2 heterocycles. The monoisotopic (exact) mass is 884 g/mol. The first-order valence-electron chi connectivity index (χ1n) is 23.5. The Morgan fingerprint density at radius 2 is 0.612 bits per heavy atom. The largest absolute Gasteiger partial charge is 0.112 e. The Hall–Kier alpha value is -7.46. The molecule has 0 nitrogen and oxygen atoms in total. The maximum absolute atomic E-state index is 2.56. The zero-order valence-electron chi connectivity index (χ0n) is 37.2. The molecule has 0 amide bonds. The first-order chi connectivity index (χ1) is 33.1. The second-order valence-corrected chi connectivity index (χ2v) is 22.9. The van der Waals surface area contributed by atoms with Crippen molar-refractivity contribution in [2.24, 2.45) is 13.3 Å². The van der Waals surface area contributed by atoms with Crippen molar-refractivity contribution >= 4 is 78.6 Å². The molecule has 0 radical (unpaired) electrons. The normalized spacial score (nSPS) is 13.9. The van der Waals surface area contributed by atoms with Gasteiger partial charge in [0.25, 0.3) is 0 Å². The van der Waals surface area contributed by atoms with Crippen molar-refractivity contribution in [1.82, 2.24) is 0 Å². The van der Waals surface area contributed by atoms with E-state index >= 15 is 0 Å². The number of fused-ring (bicyclic) bond motifs is 18. The highest BCUT2D eigenvalue weighted by Gasteiger charge is 2.52. The van der Waals surface area contributed by atoms with Gasteiger partial charge in [-0.1, -0.05) is 212 Å². The van der Waals surface area contributed by atoms with Crippen LogP contribution in [0.1, 0.15) is 22.3 Å². The van der Waals surface area contributed by atoms with Crippen LogP contribution in [-0.4, -0.2) is 0 Å². The van der Waals surface area contributed by atoms with Gasteiger partial charge in [-0.15, -0.1) is 15.1 Å². The molecule has 2 atom stereocenters. The van der Waals surface area contributed by atoms with Gasteiger partial charge in [0.05, 0.1) is 5.41 Å². The predicted octanol–water partition coefficient (Wildman–Crippen LogP) is 19.0. The lowest BCUT2D eigenvalue weighted by atomic mass is 9.70. The summed E-state index contributed by atoms with van der Waals surface area (Å²) in [6.07, 6.45) is 0. The van der Waals surface area contributed by atoms with Crippen molar-refractivity contribution in [2.45, 2.75) is 5.41 Å². The van der Waals surface area contributed by atoms with E-state index in [1.54, 1.807) is 0 Å². The Kier molecular flexibility index (Phi) is 7.77. The first-order valence-corrected chi connectivity index (χ1v) is 27.1. The van der Waals surface area contributed by atoms with Crippen LogP contribution in [0, 0.1) is 0 Å². The van der Waals surface area contributed by atoms with Gasteiger partial charge in [-0.3, -0.25) is 0 Å². The van der Waals surface area contributed by atoms with Crippen LogP contribution < -0.4 is 0 Å². The minimum atomic E-state index is -0.451. The average molecular weight is 885 g/mol. The molecule has 2 unspecified atom stereocenters. The van der Waals surface area contributed by atoms with Gasteiger partial charge < -0.3 is 0 Å². The van der Waals surface area contributed by atoms with E-state index in [0.717, 1.165) is 0 Å². The van der Waals surface area contributed by atoms with Crippen LogP contribution in [0.3, 0.4) is 0 Å². The van der Waals surface area contributed by atoms with Crippen LogP contribution in [0.4, 0.5) is 0 Å². The molecule has 312 valence electrons. The summed E-state index contributed by atoms with van der Waals surface area (Å²) >= 11 is 0. The van der Waals surface area contributed by atoms with Gasteiger partial charge in [0.15, 0.2) is 0 Å². The Balaban J connectivity index is 1.11. The van der Waals surface area contributed by atoms with E-state index in [2.05, 4.69) is 232 Å². The van der Waals surface area contributed by atoms with Crippen molar-refractivity contribution in [2.75, 3.05) is 0 Å². The van der Waals surface area contributed by atoms with E-state index in [0.29, 0.717) is 0 Å². The van der Waals surface area contributed by atoms with Gasteiger partial charge in [0, 0.05) is 31.2 Å². The molecule has 1 spiro atoms. The molecule has 67 heavy (non-hydrogen) atoms. The summed E-state index contributed by atoms with van der Waals surface area (Å²) in [5.74, 6) is 0. The fourth-order valence-corrected chi connectivity index (χ4v) is 17.2. The van der Waals surface area contributed by atoms with E-state index in [4.69, 9.17) is 0 Å². The smallest absolute Gasteiger partial charge is 0.0725 e. The molecule has 2 aliphatic rings. The predicted molar refractivity (Wildman–Crippen MR) is 291 cm³/mol. The molecule has 0 aliphatic heterocycles. The van der Waals surface area contributed by atoms with E-state index in [1.807, 2.05) is 0 Å². The third-order valence-electron chi connectivity index (χ3n) is 15.8. The summed E-state index contributed by atoms with van der Waals surface area (Å²) in [4.78, 5) is 0. The first kappa shape index (κ1) is 37.7. The highest BCUT2D eigenvalue weighted by atomic mass is 31.1. The summed E-state index contributed by atoms with van der Waals surface area (Å²) in [5, 5.41) is 16.6. The van der Waals surface area contributed by atoms with Gasteiger partial charge in [-0.2, -0.15) is 0 Å². The van der Waals surface area contributed by atoms with E-state index < -0.39 is 20.5 Å². The molecule has 2 aliphatic carbocycles. The lowest BCUT2D eigenvalue weighted by Gasteiger charge is -2.30. The van der Waals surface area contributed by atoms with Gasteiger partial charge in [0.2, 0.25) is 0 Å². The Morgan fingerprint density at radius 1 is 0.254 bits per heavy atom. The fourth-order valence-electron chi connectivity index (χ4n) is 13.1. The third kappa shape index (κ3) is 4.80. The van der Waals surface area contributed by atoms with Gasteiger partial charge in [-0.05, 0) is 130 Å². The van der Waals surface area contributed by atoms with Gasteiger partial charge >= 0.3 is 0 Å².